The fourth-order valence-electron chi connectivity index (χ4n) is 2.13. The average molecular weight is 286 g/mol. The molecule has 0 saturated heterocycles. The maximum atomic E-state index is 12.3. The highest BCUT2D eigenvalue weighted by molar-refractivity contribution is 5.55. The highest BCUT2D eigenvalue weighted by atomic mass is 16.1. The summed E-state index contributed by atoms with van der Waals surface area (Å²) in [5.41, 5.74) is 7.46. The molecule has 1 aromatic heterocycles. The lowest BCUT2D eigenvalue weighted by Crippen LogP contribution is -2.24. The van der Waals surface area contributed by atoms with Crippen molar-refractivity contribution in [3.05, 3.63) is 52.6 Å². The number of anilines is 2. The number of hydrogen-bond donors (Lipinski definition) is 2. The molecule has 112 valence electrons. The van der Waals surface area contributed by atoms with Gasteiger partial charge in [-0.25, -0.2) is 4.98 Å². The molecule has 0 amide bonds. The number of aromatic nitrogens is 2. The van der Waals surface area contributed by atoms with E-state index in [2.05, 4.69) is 24.1 Å². The molecule has 21 heavy (non-hydrogen) atoms. The number of nitrogens with zero attached hydrogens (tertiary/aromatic N) is 2. The molecule has 5 heteroatoms. The number of hydrogen-bond acceptors (Lipinski definition) is 4. The molecule has 1 aromatic carbocycles. The number of nitrogens with two attached hydrogens (primary N) is 1. The van der Waals surface area contributed by atoms with Crippen LogP contribution in [-0.4, -0.2) is 16.1 Å². The number of benzene rings is 1. The van der Waals surface area contributed by atoms with E-state index in [-0.39, 0.29) is 5.56 Å². The molecule has 0 radical (unpaired) electrons. The molecule has 0 saturated carbocycles. The van der Waals surface area contributed by atoms with E-state index >= 15 is 0 Å². The lowest BCUT2D eigenvalue weighted by atomic mass is 10.1. The standard InChI is InChI=1S/C16H22N4O/c1-12(2)11-20-10-9-18-15(16(20)21)19-14-5-3-13(4-6-14)7-8-17/h3-6,9-10,12H,7-8,11,17H2,1-2H3,(H,18,19). The van der Waals surface area contributed by atoms with Crippen molar-refractivity contribution in [3.63, 3.8) is 0 Å². The van der Waals surface area contributed by atoms with Gasteiger partial charge in [0.05, 0.1) is 0 Å². The third-order valence-electron chi connectivity index (χ3n) is 3.13. The predicted octanol–water partition coefficient (Wildman–Crippen LogP) is 2.14. The fraction of sp³-hybridized carbons (Fsp3) is 0.375. The van der Waals surface area contributed by atoms with Gasteiger partial charge >= 0.3 is 0 Å². The Hall–Kier alpha value is -2.14. The molecule has 0 aliphatic rings. The van der Waals surface area contributed by atoms with Crippen LogP contribution in [0.3, 0.4) is 0 Å². The third kappa shape index (κ3) is 4.16. The first-order chi connectivity index (χ1) is 10.1. The van der Waals surface area contributed by atoms with E-state index in [1.54, 1.807) is 17.0 Å². The van der Waals surface area contributed by atoms with Crippen LogP contribution in [0.2, 0.25) is 0 Å². The lowest BCUT2D eigenvalue weighted by Gasteiger charge is -2.11. The first-order valence-electron chi connectivity index (χ1n) is 7.21. The zero-order chi connectivity index (χ0) is 15.2. The maximum absolute atomic E-state index is 12.3. The van der Waals surface area contributed by atoms with Gasteiger partial charge in [-0.1, -0.05) is 26.0 Å². The molecule has 5 nitrogen and oxygen atoms in total. The van der Waals surface area contributed by atoms with Crippen LogP contribution in [0.15, 0.2) is 41.5 Å². The Bertz CT molecular complexity index is 631. The normalized spacial score (nSPS) is 10.9. The molecule has 0 aliphatic carbocycles. The molecule has 3 N–H and O–H groups in total. The molecular weight excluding hydrogens is 264 g/mol. The Morgan fingerprint density at radius 3 is 2.62 bits per heavy atom. The quantitative estimate of drug-likeness (QED) is 0.853. The minimum Gasteiger partial charge on any atom is -0.336 e. The summed E-state index contributed by atoms with van der Waals surface area (Å²) >= 11 is 0. The number of nitrogens with one attached hydrogen (secondary N) is 1. The van der Waals surface area contributed by atoms with Crippen molar-refractivity contribution in [2.24, 2.45) is 11.7 Å². The monoisotopic (exact) mass is 286 g/mol. The van der Waals surface area contributed by atoms with Gasteiger partial charge in [-0.05, 0) is 36.6 Å². The molecule has 0 atom stereocenters. The molecule has 1 heterocycles. The van der Waals surface area contributed by atoms with Gasteiger partial charge in [-0.3, -0.25) is 4.79 Å². The Kier molecular flexibility index (Phi) is 5.11. The first kappa shape index (κ1) is 15.3. The highest BCUT2D eigenvalue weighted by Gasteiger charge is 2.06. The van der Waals surface area contributed by atoms with E-state index in [0.717, 1.165) is 12.1 Å². The summed E-state index contributed by atoms with van der Waals surface area (Å²) in [6.07, 6.45) is 4.22. The molecule has 0 bridgehead atoms. The zero-order valence-electron chi connectivity index (χ0n) is 12.5. The molecular formula is C16H22N4O. The minimum absolute atomic E-state index is 0.0998. The van der Waals surface area contributed by atoms with E-state index < -0.39 is 0 Å². The minimum atomic E-state index is -0.0998. The predicted molar refractivity (Wildman–Crippen MR) is 85.8 cm³/mol. The second kappa shape index (κ2) is 7.04. The van der Waals surface area contributed by atoms with Gasteiger partial charge in [0, 0.05) is 24.6 Å². The molecule has 0 fully saturated rings. The van der Waals surface area contributed by atoms with E-state index in [9.17, 15) is 4.79 Å². The van der Waals surface area contributed by atoms with Crippen LogP contribution >= 0.6 is 0 Å². The Balaban J connectivity index is 2.17. The van der Waals surface area contributed by atoms with Gasteiger partial charge in [0.1, 0.15) is 0 Å². The molecule has 2 aromatic rings. The van der Waals surface area contributed by atoms with Crippen LogP contribution < -0.4 is 16.6 Å². The van der Waals surface area contributed by atoms with Gasteiger partial charge in [0.25, 0.3) is 5.56 Å². The summed E-state index contributed by atoms with van der Waals surface area (Å²) in [6.45, 7) is 5.48. The zero-order valence-corrected chi connectivity index (χ0v) is 12.5. The Morgan fingerprint density at radius 1 is 1.29 bits per heavy atom. The molecule has 2 rings (SSSR count). The molecule has 0 spiro atoms. The Morgan fingerprint density at radius 2 is 2.00 bits per heavy atom. The van der Waals surface area contributed by atoms with Crippen LogP contribution in [0.4, 0.5) is 11.5 Å². The first-order valence-corrected chi connectivity index (χ1v) is 7.21. The van der Waals surface area contributed by atoms with Crippen LogP contribution in [0.5, 0.6) is 0 Å². The van der Waals surface area contributed by atoms with Gasteiger partial charge in [0.15, 0.2) is 5.82 Å². The number of rotatable bonds is 6. The van der Waals surface area contributed by atoms with Gasteiger partial charge in [-0.15, -0.1) is 0 Å². The van der Waals surface area contributed by atoms with Crippen molar-refractivity contribution in [1.29, 1.82) is 0 Å². The van der Waals surface area contributed by atoms with Crippen LogP contribution in [-0.2, 0) is 13.0 Å². The second-order valence-electron chi connectivity index (χ2n) is 5.49. The van der Waals surface area contributed by atoms with Crippen LogP contribution in [0.25, 0.3) is 0 Å². The highest BCUT2D eigenvalue weighted by Crippen LogP contribution is 2.13. The maximum Gasteiger partial charge on any atom is 0.293 e. The summed E-state index contributed by atoms with van der Waals surface area (Å²) in [5.74, 6) is 0.762. The third-order valence-corrected chi connectivity index (χ3v) is 3.13. The van der Waals surface area contributed by atoms with Gasteiger partial charge < -0.3 is 15.6 Å². The summed E-state index contributed by atoms with van der Waals surface area (Å²) in [4.78, 5) is 16.4. The van der Waals surface area contributed by atoms with Crippen molar-refractivity contribution < 1.29 is 0 Å². The smallest absolute Gasteiger partial charge is 0.293 e. The molecule has 0 unspecified atom stereocenters. The second-order valence-corrected chi connectivity index (χ2v) is 5.49. The topological polar surface area (TPSA) is 72.9 Å². The van der Waals surface area contributed by atoms with E-state index in [4.69, 9.17) is 5.73 Å². The van der Waals surface area contributed by atoms with Crippen molar-refractivity contribution in [2.75, 3.05) is 11.9 Å². The van der Waals surface area contributed by atoms with E-state index in [0.29, 0.717) is 24.8 Å². The van der Waals surface area contributed by atoms with Crippen molar-refractivity contribution in [3.8, 4) is 0 Å². The van der Waals surface area contributed by atoms with Crippen LogP contribution in [0, 0.1) is 5.92 Å². The van der Waals surface area contributed by atoms with Crippen molar-refractivity contribution in [1.82, 2.24) is 9.55 Å². The van der Waals surface area contributed by atoms with Crippen molar-refractivity contribution >= 4 is 11.5 Å². The summed E-state index contributed by atoms with van der Waals surface area (Å²) in [7, 11) is 0. The summed E-state index contributed by atoms with van der Waals surface area (Å²) in [6, 6.07) is 7.88. The lowest BCUT2D eigenvalue weighted by molar-refractivity contribution is 0.510. The SMILES string of the molecule is CC(C)Cn1ccnc(Nc2ccc(CCN)cc2)c1=O. The van der Waals surface area contributed by atoms with E-state index in [1.165, 1.54) is 5.56 Å². The summed E-state index contributed by atoms with van der Waals surface area (Å²) in [5, 5.41) is 3.08. The average Bonchev–Trinajstić information content (AvgIpc) is 2.45. The largest absolute Gasteiger partial charge is 0.336 e. The Labute approximate surface area is 124 Å². The summed E-state index contributed by atoms with van der Waals surface area (Å²) < 4.78 is 1.68. The van der Waals surface area contributed by atoms with Gasteiger partial charge in [0.2, 0.25) is 0 Å². The van der Waals surface area contributed by atoms with E-state index in [1.807, 2.05) is 24.3 Å². The van der Waals surface area contributed by atoms with Crippen molar-refractivity contribution in [2.45, 2.75) is 26.8 Å². The van der Waals surface area contributed by atoms with Gasteiger partial charge in [-0.2, -0.15) is 0 Å². The van der Waals surface area contributed by atoms with Crippen LogP contribution in [0.1, 0.15) is 19.4 Å². The molecule has 0 aliphatic heterocycles. The fourth-order valence-corrected chi connectivity index (χ4v) is 2.13.